The van der Waals surface area contributed by atoms with Gasteiger partial charge < -0.3 is 13.7 Å². The zero-order chi connectivity index (χ0) is 34.2. The maximum Gasteiger partial charge on any atom is 0.143 e. The van der Waals surface area contributed by atoms with Crippen LogP contribution in [0.5, 0.6) is 0 Å². The van der Waals surface area contributed by atoms with Crippen molar-refractivity contribution in [3.8, 4) is 22.3 Å². The zero-order valence-corrected chi connectivity index (χ0v) is 28.7. The summed E-state index contributed by atoms with van der Waals surface area (Å²) in [6.45, 7) is 0. The van der Waals surface area contributed by atoms with Gasteiger partial charge in [0.15, 0.2) is 0 Å². The van der Waals surface area contributed by atoms with Crippen molar-refractivity contribution in [3.63, 3.8) is 0 Å². The first kappa shape index (κ1) is 29.1. The van der Waals surface area contributed by atoms with Crippen LogP contribution in [0.1, 0.15) is 0 Å². The van der Waals surface area contributed by atoms with Crippen LogP contribution in [0.15, 0.2) is 185 Å². The molecule has 0 aliphatic heterocycles. The van der Waals surface area contributed by atoms with Crippen molar-refractivity contribution in [2.24, 2.45) is 0 Å². The predicted molar refractivity (Wildman–Crippen MR) is 219 cm³/mol. The molecule has 11 aromatic rings. The number of fused-ring (bicyclic) bond motifs is 9. The fraction of sp³-hybridized carbons (Fsp3) is 0. The maximum atomic E-state index is 6.47. The van der Waals surface area contributed by atoms with Crippen LogP contribution >= 0.6 is 11.3 Å². The minimum atomic E-state index is 0.901. The van der Waals surface area contributed by atoms with E-state index in [-0.39, 0.29) is 0 Å². The Labute approximate surface area is 303 Å². The largest absolute Gasteiger partial charge is 0.455 e. The van der Waals surface area contributed by atoms with E-state index in [2.05, 4.69) is 157 Å². The molecule has 244 valence electrons. The van der Waals surface area contributed by atoms with Crippen molar-refractivity contribution < 1.29 is 8.83 Å². The topological polar surface area (TPSA) is 29.5 Å². The highest BCUT2D eigenvalue weighted by Gasteiger charge is 2.19. The van der Waals surface area contributed by atoms with Crippen molar-refractivity contribution in [2.75, 3.05) is 4.90 Å². The molecular weight excluding hydrogens is 655 g/mol. The Morgan fingerprint density at radius 2 is 0.885 bits per heavy atom. The minimum absolute atomic E-state index is 0.901. The lowest BCUT2D eigenvalue weighted by atomic mass is 10.0. The molecule has 0 atom stereocenters. The van der Waals surface area contributed by atoms with Crippen LogP contribution in [0.2, 0.25) is 0 Å². The summed E-state index contributed by atoms with van der Waals surface area (Å²) in [6.07, 6.45) is 0. The highest BCUT2D eigenvalue weighted by Crippen LogP contribution is 2.44. The molecule has 52 heavy (non-hydrogen) atoms. The molecule has 0 bridgehead atoms. The van der Waals surface area contributed by atoms with E-state index >= 15 is 0 Å². The molecule has 11 rings (SSSR count). The smallest absolute Gasteiger partial charge is 0.143 e. The van der Waals surface area contributed by atoms with Gasteiger partial charge in [-0.3, -0.25) is 0 Å². The number of hydrogen-bond acceptors (Lipinski definition) is 4. The third-order valence-electron chi connectivity index (χ3n) is 10.3. The van der Waals surface area contributed by atoms with Crippen molar-refractivity contribution in [1.82, 2.24) is 0 Å². The maximum absolute atomic E-state index is 6.47. The summed E-state index contributed by atoms with van der Waals surface area (Å²) < 4.78 is 15.4. The van der Waals surface area contributed by atoms with Gasteiger partial charge in [0.2, 0.25) is 0 Å². The second-order valence-corrected chi connectivity index (χ2v) is 14.4. The number of nitrogens with zero attached hydrogens (tertiary/aromatic N) is 1. The molecule has 0 saturated carbocycles. The number of hydrogen-bond donors (Lipinski definition) is 0. The van der Waals surface area contributed by atoms with Crippen molar-refractivity contribution >= 4 is 92.4 Å². The summed E-state index contributed by atoms with van der Waals surface area (Å²) >= 11 is 1.84. The van der Waals surface area contributed by atoms with Crippen LogP contribution in [-0.2, 0) is 0 Å². The number of rotatable bonds is 5. The zero-order valence-electron chi connectivity index (χ0n) is 27.9. The number of benzene rings is 8. The Kier molecular flexibility index (Phi) is 6.42. The Morgan fingerprint density at radius 3 is 1.60 bits per heavy atom. The van der Waals surface area contributed by atoms with Gasteiger partial charge in [-0.1, -0.05) is 121 Å². The molecule has 0 saturated heterocycles. The van der Waals surface area contributed by atoms with Crippen LogP contribution in [0.4, 0.5) is 17.1 Å². The molecule has 3 heterocycles. The van der Waals surface area contributed by atoms with E-state index < -0.39 is 0 Å². The van der Waals surface area contributed by atoms with Crippen LogP contribution < -0.4 is 4.90 Å². The van der Waals surface area contributed by atoms with E-state index in [1.807, 2.05) is 35.6 Å². The molecule has 0 fully saturated rings. The molecule has 0 aliphatic carbocycles. The van der Waals surface area contributed by atoms with E-state index in [1.165, 1.54) is 20.2 Å². The van der Waals surface area contributed by atoms with Gasteiger partial charge in [0.25, 0.3) is 0 Å². The van der Waals surface area contributed by atoms with Gasteiger partial charge in [0.1, 0.15) is 22.3 Å². The highest BCUT2D eigenvalue weighted by atomic mass is 32.1. The van der Waals surface area contributed by atoms with Crippen LogP contribution in [-0.4, -0.2) is 0 Å². The molecule has 0 N–H and O–H groups in total. The van der Waals surface area contributed by atoms with E-state index in [0.29, 0.717) is 0 Å². The van der Waals surface area contributed by atoms with E-state index in [9.17, 15) is 0 Å². The fourth-order valence-electron chi connectivity index (χ4n) is 7.85. The first-order valence-electron chi connectivity index (χ1n) is 17.5. The van der Waals surface area contributed by atoms with Crippen molar-refractivity contribution in [1.29, 1.82) is 0 Å². The van der Waals surface area contributed by atoms with Gasteiger partial charge >= 0.3 is 0 Å². The van der Waals surface area contributed by atoms with E-state index in [1.54, 1.807) is 0 Å². The van der Waals surface area contributed by atoms with Crippen molar-refractivity contribution in [2.45, 2.75) is 0 Å². The first-order valence-corrected chi connectivity index (χ1v) is 18.3. The number of anilines is 3. The lowest BCUT2D eigenvalue weighted by Gasteiger charge is -2.26. The summed E-state index contributed by atoms with van der Waals surface area (Å²) in [5.41, 5.74) is 11.2. The molecule has 0 unspecified atom stereocenters. The Bertz CT molecular complexity index is 3150. The van der Waals surface area contributed by atoms with Gasteiger partial charge in [-0.15, -0.1) is 11.3 Å². The molecule has 0 spiro atoms. The van der Waals surface area contributed by atoms with Gasteiger partial charge in [-0.25, -0.2) is 0 Å². The number of para-hydroxylation sites is 4. The highest BCUT2D eigenvalue weighted by molar-refractivity contribution is 7.25. The van der Waals surface area contributed by atoms with E-state index in [4.69, 9.17) is 8.83 Å². The van der Waals surface area contributed by atoms with Crippen LogP contribution in [0.25, 0.3) is 86.3 Å². The molecule has 4 heteroatoms. The van der Waals surface area contributed by atoms with Gasteiger partial charge in [-0.05, 0) is 65.7 Å². The van der Waals surface area contributed by atoms with Gasteiger partial charge in [0.05, 0.1) is 0 Å². The summed E-state index contributed by atoms with van der Waals surface area (Å²) in [5, 5.41) is 7.10. The second-order valence-electron chi connectivity index (χ2n) is 13.3. The number of furan rings is 2. The standard InChI is InChI=1S/C48H29NO2S/c1-4-19-43-37(12-1)41-17-8-15-35(47(41)50-43)30-22-24-32(25-23-30)49(34-26-27-40-39-14-3-6-21-45(39)52-46(40)29-34)33-11-7-10-31(28-33)36-16-9-18-42-38-13-2-5-20-44(38)51-48(36)42/h1-29H. The molecular formula is C48H29NO2S. The monoisotopic (exact) mass is 683 g/mol. The Balaban J connectivity index is 1.07. The minimum Gasteiger partial charge on any atom is -0.455 e. The lowest BCUT2D eigenvalue weighted by molar-refractivity contribution is 0.669. The molecule has 3 nitrogen and oxygen atoms in total. The van der Waals surface area contributed by atoms with Gasteiger partial charge in [-0.2, -0.15) is 0 Å². The first-order chi connectivity index (χ1) is 25.8. The summed E-state index contributed by atoms with van der Waals surface area (Å²) in [6, 6.07) is 62.5. The second kappa shape index (κ2) is 11.5. The summed E-state index contributed by atoms with van der Waals surface area (Å²) in [5.74, 6) is 0. The average Bonchev–Trinajstić information content (AvgIpc) is 3.89. The summed E-state index contributed by atoms with van der Waals surface area (Å²) in [7, 11) is 0. The molecule has 0 aliphatic rings. The molecule has 8 aromatic carbocycles. The Hall–Kier alpha value is -6.62. The molecule has 0 amide bonds. The third-order valence-corrected chi connectivity index (χ3v) is 11.4. The Morgan fingerprint density at radius 1 is 0.346 bits per heavy atom. The molecule has 0 radical (unpaired) electrons. The predicted octanol–water partition coefficient (Wildman–Crippen LogP) is 14.7. The van der Waals surface area contributed by atoms with Crippen molar-refractivity contribution in [3.05, 3.63) is 176 Å². The summed E-state index contributed by atoms with van der Waals surface area (Å²) in [4.78, 5) is 2.36. The fourth-order valence-corrected chi connectivity index (χ4v) is 8.99. The number of thiophene rings is 1. The van der Waals surface area contributed by atoms with E-state index in [0.717, 1.165) is 83.2 Å². The van der Waals surface area contributed by atoms with Crippen LogP contribution in [0, 0.1) is 0 Å². The quantitative estimate of drug-likeness (QED) is 0.181. The molecule has 3 aromatic heterocycles. The van der Waals surface area contributed by atoms with Crippen LogP contribution in [0.3, 0.4) is 0 Å². The SMILES string of the molecule is c1cc(-c2cccc3c2oc2ccccc23)cc(N(c2ccc(-c3cccc4c3oc3ccccc34)cc2)c2ccc3c(c2)sc2ccccc23)c1. The third kappa shape index (κ3) is 4.51. The average molecular weight is 684 g/mol. The van der Waals surface area contributed by atoms with Gasteiger partial charge in [0, 0.05) is 69.9 Å². The lowest BCUT2D eigenvalue weighted by Crippen LogP contribution is -2.10. The normalized spacial score (nSPS) is 11.8.